The molecule has 0 saturated carbocycles. The van der Waals surface area contributed by atoms with Crippen molar-refractivity contribution < 1.29 is 10.2 Å². The first-order valence-electron chi connectivity index (χ1n) is 14.4. The molecule has 4 nitrogen and oxygen atoms in total. The number of phenols is 1. The van der Waals surface area contributed by atoms with Crippen LogP contribution in [0.4, 0.5) is 0 Å². The lowest BCUT2D eigenvalue weighted by atomic mass is 9.80. The van der Waals surface area contributed by atoms with Crippen LogP contribution in [0.25, 0.3) is 22.3 Å². The minimum Gasteiger partial charge on any atom is -0.507 e. The van der Waals surface area contributed by atoms with Crippen molar-refractivity contribution in [3.05, 3.63) is 101 Å². The zero-order valence-electron chi connectivity index (χ0n) is 22.7. The number of alkyl halides is 1. The second kappa shape index (κ2) is 11.7. The summed E-state index contributed by atoms with van der Waals surface area (Å²) in [5, 5.41) is 22.4. The van der Waals surface area contributed by atoms with E-state index in [4.69, 9.17) is 23.2 Å². The van der Waals surface area contributed by atoms with Crippen molar-refractivity contribution in [1.29, 1.82) is 0 Å². The van der Waals surface area contributed by atoms with E-state index in [0.717, 1.165) is 59.6 Å². The Kier molecular flexibility index (Phi) is 8.07. The van der Waals surface area contributed by atoms with Gasteiger partial charge in [-0.05, 0) is 104 Å². The van der Waals surface area contributed by atoms with Crippen LogP contribution in [0, 0.1) is 5.92 Å². The lowest BCUT2D eigenvalue weighted by Crippen LogP contribution is -2.41. The molecule has 2 N–H and O–H groups in total. The molecule has 2 unspecified atom stereocenters. The Balaban J connectivity index is 1.48. The van der Waals surface area contributed by atoms with Crippen LogP contribution in [-0.2, 0) is 6.54 Å². The van der Waals surface area contributed by atoms with Gasteiger partial charge in [0.1, 0.15) is 5.75 Å². The van der Waals surface area contributed by atoms with E-state index in [0.29, 0.717) is 29.4 Å². The smallest absolute Gasteiger partial charge is 0.172 e. The number of likely N-dealkylation sites (tertiary alicyclic amines) is 2. The van der Waals surface area contributed by atoms with E-state index >= 15 is 0 Å². The van der Waals surface area contributed by atoms with Gasteiger partial charge in [0, 0.05) is 40.7 Å². The van der Waals surface area contributed by atoms with E-state index in [9.17, 15) is 10.2 Å². The highest BCUT2D eigenvalue weighted by atomic mass is 35.5. The van der Waals surface area contributed by atoms with Crippen LogP contribution in [0.3, 0.4) is 0 Å². The number of nitrogens with zero attached hydrogens (tertiary/aromatic N) is 2. The summed E-state index contributed by atoms with van der Waals surface area (Å²) in [5.41, 5.74) is 6.22. The molecule has 0 radical (unpaired) electrons. The van der Waals surface area contributed by atoms with E-state index in [-0.39, 0.29) is 5.92 Å². The molecule has 3 aromatic rings. The summed E-state index contributed by atoms with van der Waals surface area (Å²) in [5.74, 6) is 0.0152. The molecule has 2 atom stereocenters. The molecule has 6 heteroatoms. The molecular weight excluding hydrogens is 539 g/mol. The number of hydrogen-bond donors (Lipinski definition) is 2. The van der Waals surface area contributed by atoms with Crippen LogP contribution < -0.4 is 0 Å². The Morgan fingerprint density at radius 1 is 0.800 bits per heavy atom. The van der Waals surface area contributed by atoms with Crippen molar-refractivity contribution >= 4 is 34.3 Å². The Morgan fingerprint density at radius 3 is 2.12 bits per heavy atom. The predicted molar refractivity (Wildman–Crippen MR) is 165 cm³/mol. The summed E-state index contributed by atoms with van der Waals surface area (Å²) in [6, 6.07) is 21.7. The first-order chi connectivity index (χ1) is 19.4. The molecule has 208 valence electrons. The molecule has 1 aliphatic carbocycles. The number of phenolic OH excluding ortho intramolecular Hbond substituents is 1. The summed E-state index contributed by atoms with van der Waals surface area (Å²) in [6.45, 7) is 5.51. The molecule has 2 heterocycles. The Hall–Kier alpha value is -2.60. The Morgan fingerprint density at radius 2 is 1.45 bits per heavy atom. The van der Waals surface area contributed by atoms with Gasteiger partial charge in [-0.25, -0.2) is 0 Å². The van der Waals surface area contributed by atoms with Crippen molar-refractivity contribution in [3.8, 4) is 16.9 Å². The molecule has 6 rings (SSSR count). The van der Waals surface area contributed by atoms with Crippen LogP contribution in [0.1, 0.15) is 42.4 Å². The molecule has 0 amide bonds. The van der Waals surface area contributed by atoms with E-state index in [2.05, 4.69) is 28.0 Å². The molecule has 0 bridgehead atoms. The molecule has 2 fully saturated rings. The average molecular weight is 576 g/mol. The zero-order valence-corrected chi connectivity index (χ0v) is 24.2. The predicted octanol–water partition coefficient (Wildman–Crippen LogP) is 7.43. The van der Waals surface area contributed by atoms with Gasteiger partial charge in [-0.1, -0.05) is 71.7 Å². The van der Waals surface area contributed by atoms with E-state index < -0.39 is 5.06 Å². The van der Waals surface area contributed by atoms with Crippen LogP contribution in [0.5, 0.6) is 5.75 Å². The van der Waals surface area contributed by atoms with Crippen LogP contribution in [-0.4, -0.2) is 57.8 Å². The lowest BCUT2D eigenvalue weighted by Gasteiger charge is -2.37. The van der Waals surface area contributed by atoms with Crippen molar-refractivity contribution in [2.24, 2.45) is 5.92 Å². The summed E-state index contributed by atoms with van der Waals surface area (Å²) in [4.78, 5) is 4.80. The number of benzene rings is 3. The zero-order chi connectivity index (χ0) is 27.7. The number of rotatable bonds is 7. The molecule has 3 aliphatic rings. The van der Waals surface area contributed by atoms with Gasteiger partial charge < -0.3 is 15.1 Å². The highest BCUT2D eigenvalue weighted by molar-refractivity contribution is 6.30. The van der Waals surface area contributed by atoms with E-state index in [1.165, 1.54) is 25.7 Å². The molecule has 0 spiro atoms. The SMILES string of the molecule is Oc1c(CN2CCCC2)cc(C2=CC(CN3CCCC3)C(O)(Cl)C(c3ccccc3)=C2)cc1-c1ccc(Cl)cc1. The number of aromatic hydroxyl groups is 1. The molecule has 3 aromatic carbocycles. The quantitative estimate of drug-likeness (QED) is 0.288. The lowest BCUT2D eigenvalue weighted by molar-refractivity contribution is 0.118. The normalized spacial score (nSPS) is 23.8. The number of aliphatic hydroxyl groups is 1. The fraction of sp³-hybridized carbons (Fsp3) is 0.353. The topological polar surface area (TPSA) is 46.9 Å². The van der Waals surface area contributed by atoms with Gasteiger partial charge in [0.15, 0.2) is 5.06 Å². The van der Waals surface area contributed by atoms with Crippen LogP contribution in [0.2, 0.25) is 5.02 Å². The van der Waals surface area contributed by atoms with Gasteiger partial charge in [0.25, 0.3) is 0 Å². The number of hydrogen-bond acceptors (Lipinski definition) is 4. The maximum atomic E-state index is 11.8. The van der Waals surface area contributed by atoms with Gasteiger partial charge >= 0.3 is 0 Å². The van der Waals surface area contributed by atoms with Gasteiger partial charge in [-0.3, -0.25) is 4.90 Å². The average Bonchev–Trinajstić information content (AvgIpc) is 3.67. The molecule has 2 aliphatic heterocycles. The second-order valence-electron chi connectivity index (χ2n) is 11.4. The highest BCUT2D eigenvalue weighted by Gasteiger charge is 2.42. The van der Waals surface area contributed by atoms with Crippen molar-refractivity contribution in [1.82, 2.24) is 9.80 Å². The summed E-state index contributed by atoms with van der Waals surface area (Å²) in [7, 11) is 0. The fourth-order valence-corrected chi connectivity index (χ4v) is 6.77. The molecule has 0 aromatic heterocycles. The summed E-state index contributed by atoms with van der Waals surface area (Å²) < 4.78 is 0. The summed E-state index contributed by atoms with van der Waals surface area (Å²) in [6.07, 6.45) is 8.88. The number of halogens is 2. The van der Waals surface area contributed by atoms with Gasteiger partial charge in [-0.15, -0.1) is 0 Å². The Bertz CT molecular complexity index is 1400. The maximum Gasteiger partial charge on any atom is 0.172 e. The third-order valence-electron chi connectivity index (χ3n) is 8.56. The van der Waals surface area contributed by atoms with Gasteiger partial charge in [-0.2, -0.15) is 0 Å². The van der Waals surface area contributed by atoms with Crippen LogP contribution >= 0.6 is 23.2 Å². The summed E-state index contributed by atoms with van der Waals surface area (Å²) >= 11 is 13.2. The minimum absolute atomic E-state index is 0.294. The van der Waals surface area contributed by atoms with Crippen LogP contribution in [0.15, 0.2) is 78.9 Å². The standard InChI is InChI=1S/C34H36Cl2N2O2/c35-30-12-10-24(11-13-30)31-20-26(18-28(33(31)39)22-37-14-4-5-15-37)27-19-29(23-38-16-6-7-17-38)34(36,40)32(21-27)25-8-2-1-3-9-25/h1-3,8-13,18-21,29,39-40H,4-7,14-17,22-23H2. The number of allylic oxidation sites excluding steroid dienone is 2. The van der Waals surface area contributed by atoms with E-state index in [1.54, 1.807) is 0 Å². The second-order valence-corrected chi connectivity index (χ2v) is 12.4. The van der Waals surface area contributed by atoms with E-state index in [1.807, 2.05) is 60.7 Å². The molecule has 40 heavy (non-hydrogen) atoms. The third-order valence-corrected chi connectivity index (χ3v) is 9.29. The Labute approximate surface area is 247 Å². The highest BCUT2D eigenvalue weighted by Crippen LogP contribution is 2.46. The van der Waals surface area contributed by atoms with Crippen molar-refractivity contribution in [3.63, 3.8) is 0 Å². The first-order valence-corrected chi connectivity index (χ1v) is 15.1. The largest absolute Gasteiger partial charge is 0.507 e. The molecule has 2 saturated heterocycles. The molecular formula is C34H36Cl2N2O2. The minimum atomic E-state index is -1.53. The first kappa shape index (κ1) is 27.6. The third kappa shape index (κ3) is 5.74. The monoisotopic (exact) mass is 574 g/mol. The van der Waals surface area contributed by atoms with Gasteiger partial charge in [0.05, 0.1) is 0 Å². The van der Waals surface area contributed by atoms with Crippen molar-refractivity contribution in [2.75, 3.05) is 32.7 Å². The fourth-order valence-electron chi connectivity index (χ4n) is 6.34. The van der Waals surface area contributed by atoms with Gasteiger partial charge in [0.2, 0.25) is 0 Å². The maximum absolute atomic E-state index is 11.8. The van der Waals surface area contributed by atoms with Crippen molar-refractivity contribution in [2.45, 2.75) is 37.3 Å².